The molecule has 17 heavy (non-hydrogen) atoms. The topological polar surface area (TPSA) is 49.7 Å². The summed E-state index contributed by atoms with van der Waals surface area (Å²) < 4.78 is 5.41. The van der Waals surface area contributed by atoms with Gasteiger partial charge >= 0.3 is 7.12 Å². The number of hydrogen-bond acceptors (Lipinski definition) is 3. The van der Waals surface area contributed by atoms with E-state index in [1.165, 1.54) is 0 Å². The highest BCUT2D eigenvalue weighted by Gasteiger charge is 2.14. The van der Waals surface area contributed by atoms with Gasteiger partial charge in [0.2, 0.25) is 10.5 Å². The van der Waals surface area contributed by atoms with Crippen molar-refractivity contribution in [1.82, 2.24) is 0 Å². The molecule has 0 spiro atoms. The van der Waals surface area contributed by atoms with E-state index >= 15 is 0 Å². The van der Waals surface area contributed by atoms with Crippen LogP contribution in [0.3, 0.4) is 0 Å². The van der Waals surface area contributed by atoms with Gasteiger partial charge in [-0.2, -0.15) is 0 Å². The van der Waals surface area contributed by atoms with Crippen LogP contribution in [-0.2, 0) is 0 Å². The van der Waals surface area contributed by atoms with Crippen LogP contribution in [0.15, 0.2) is 48.5 Å². The van der Waals surface area contributed by atoms with Crippen molar-refractivity contribution in [3.05, 3.63) is 48.5 Å². The fraction of sp³-hybridized carbons (Fsp3) is 0. The molecule has 2 aromatic rings. The lowest BCUT2D eigenvalue weighted by Crippen LogP contribution is -2.29. The van der Waals surface area contributed by atoms with Crippen molar-refractivity contribution in [3.63, 3.8) is 0 Å². The first kappa shape index (κ1) is 11.9. The van der Waals surface area contributed by atoms with Crippen molar-refractivity contribution in [2.24, 2.45) is 0 Å². The van der Waals surface area contributed by atoms with Crippen molar-refractivity contribution >= 4 is 23.1 Å². The molecule has 0 saturated carbocycles. The molecule has 0 bridgehead atoms. The molecule has 2 rings (SSSR count). The van der Waals surface area contributed by atoms with Crippen molar-refractivity contribution in [2.75, 3.05) is 0 Å². The zero-order chi connectivity index (χ0) is 12.3. The van der Waals surface area contributed by atoms with Gasteiger partial charge in [0.1, 0.15) is 5.75 Å². The zero-order valence-electron chi connectivity index (χ0n) is 9.50. The summed E-state index contributed by atoms with van der Waals surface area (Å²) in [7, 11) is -0.906. The Balaban J connectivity index is 2.49. The van der Waals surface area contributed by atoms with Gasteiger partial charge in [-0.05, 0) is 17.1 Å². The van der Waals surface area contributed by atoms with Gasteiger partial charge < -0.3 is 14.5 Å². The summed E-state index contributed by atoms with van der Waals surface area (Å²) in [6.07, 6.45) is 0. The van der Waals surface area contributed by atoms with E-state index in [4.69, 9.17) is 14.5 Å². The Morgan fingerprint density at radius 2 is 1.71 bits per heavy atom. The molecule has 5 heteroatoms. The van der Waals surface area contributed by atoms with E-state index < -0.39 is 7.12 Å². The molecule has 3 nitrogen and oxygen atoms in total. The Labute approximate surface area is 103 Å². The zero-order valence-corrected chi connectivity index (χ0v) is 11.5. The van der Waals surface area contributed by atoms with E-state index in [-0.39, 0.29) is 0 Å². The molecule has 0 unspecified atom stereocenters. The van der Waals surface area contributed by atoms with Gasteiger partial charge in [0, 0.05) is 5.56 Å². The minimum absolute atomic E-state index is 0.440. The van der Waals surface area contributed by atoms with Crippen LogP contribution in [0.4, 0.5) is 0 Å². The van der Waals surface area contributed by atoms with E-state index in [0.717, 1.165) is 11.1 Å². The van der Waals surface area contributed by atoms with E-state index in [1.807, 2.05) is 36.4 Å². The predicted molar refractivity (Wildman–Crippen MR) is 72.3 cm³/mol. The molecule has 86 valence electrons. The number of rotatable bonds is 3. The Morgan fingerprint density at radius 3 is 2.29 bits per heavy atom. The second kappa shape index (κ2) is 5.18. The largest absolute Gasteiger partial charge is 0.553 e. The Kier molecular flexibility index (Phi) is 3.63. The summed E-state index contributed by atoms with van der Waals surface area (Å²) in [4.78, 5) is 0. The smallest absolute Gasteiger partial charge is 0.488 e. The Hall–Kier alpha value is -1.56. The monoisotopic (exact) mass is 244 g/mol. The van der Waals surface area contributed by atoms with Gasteiger partial charge in [0.05, 0.1) is 0 Å². The first-order valence-electron chi connectivity index (χ1n) is 5.32. The van der Waals surface area contributed by atoms with E-state index in [0.29, 0.717) is 21.7 Å². The van der Waals surface area contributed by atoms with Crippen LogP contribution in [0.2, 0.25) is 0 Å². The van der Waals surface area contributed by atoms with Crippen LogP contribution in [0.5, 0.6) is 5.75 Å². The molecule has 0 radical (unpaired) electrons. The third-order valence-electron chi connectivity index (χ3n) is 2.61. The molecule has 0 heterocycles. The third-order valence-corrected chi connectivity index (χ3v) is 3.05. The van der Waals surface area contributed by atoms with Gasteiger partial charge in [-0.15, -0.1) is 0 Å². The van der Waals surface area contributed by atoms with Crippen LogP contribution in [0.1, 0.15) is 0 Å². The quantitative estimate of drug-likeness (QED) is 0.728. The maximum atomic E-state index is 9.12. The molecule has 0 saturated heterocycles. The molecule has 0 fully saturated rings. The summed E-state index contributed by atoms with van der Waals surface area (Å²) >= 11 is 0. The molecular formula is C12H13BO3Si. The molecule has 0 atom stereocenters. The SMILES string of the molecule is OB(O)c1ccc(-c2ccccc2)c(O[SiH3])c1. The lowest BCUT2D eigenvalue weighted by Gasteiger charge is -2.11. The van der Waals surface area contributed by atoms with E-state index in [1.54, 1.807) is 12.1 Å². The molecule has 0 amide bonds. The molecule has 0 aliphatic rings. The van der Waals surface area contributed by atoms with Crippen LogP contribution >= 0.6 is 0 Å². The highest BCUT2D eigenvalue weighted by molar-refractivity contribution is 6.58. The Morgan fingerprint density at radius 1 is 1.00 bits per heavy atom. The van der Waals surface area contributed by atoms with Crippen LogP contribution < -0.4 is 9.89 Å². The van der Waals surface area contributed by atoms with Gasteiger partial charge in [-0.1, -0.05) is 42.5 Å². The highest BCUT2D eigenvalue weighted by Crippen LogP contribution is 2.28. The molecule has 0 aliphatic carbocycles. The maximum Gasteiger partial charge on any atom is 0.488 e. The number of hydrogen-bond donors (Lipinski definition) is 2. The summed E-state index contributed by atoms with van der Waals surface area (Å²) in [6, 6.07) is 15.1. The standard InChI is InChI=1S/C12H13BO3Si/c14-13(15)10-6-7-11(12(8-10)16-17)9-4-2-1-3-5-9/h1-8,14-15H,17H3. The van der Waals surface area contributed by atoms with Crippen molar-refractivity contribution in [1.29, 1.82) is 0 Å². The van der Waals surface area contributed by atoms with Gasteiger partial charge in [0.25, 0.3) is 0 Å². The normalized spacial score (nSPS) is 10.2. The third kappa shape index (κ3) is 2.58. The van der Waals surface area contributed by atoms with E-state index in [2.05, 4.69) is 0 Å². The molecule has 0 aliphatic heterocycles. The molecule has 2 N–H and O–H groups in total. The maximum absolute atomic E-state index is 9.12. The van der Waals surface area contributed by atoms with Gasteiger partial charge in [0.15, 0.2) is 0 Å². The summed E-state index contributed by atoms with van der Waals surface area (Å²) in [5.41, 5.74) is 2.46. The van der Waals surface area contributed by atoms with Gasteiger partial charge in [-0.3, -0.25) is 0 Å². The predicted octanol–water partition coefficient (Wildman–Crippen LogP) is -0.307. The highest BCUT2D eigenvalue weighted by atomic mass is 28.2. The average Bonchev–Trinajstić information content (AvgIpc) is 2.39. The van der Waals surface area contributed by atoms with Gasteiger partial charge in [-0.25, -0.2) is 0 Å². The van der Waals surface area contributed by atoms with Crippen LogP contribution in [0, 0.1) is 0 Å². The van der Waals surface area contributed by atoms with E-state index in [9.17, 15) is 0 Å². The fourth-order valence-corrected chi connectivity index (χ4v) is 2.06. The minimum Gasteiger partial charge on any atom is -0.553 e. The first-order chi connectivity index (χ1) is 8.22. The fourth-order valence-electron chi connectivity index (χ4n) is 1.72. The number of benzene rings is 2. The van der Waals surface area contributed by atoms with Crippen molar-refractivity contribution < 1.29 is 14.5 Å². The summed E-state index contributed by atoms with van der Waals surface area (Å²) in [5, 5.41) is 18.2. The van der Waals surface area contributed by atoms with Crippen molar-refractivity contribution in [3.8, 4) is 16.9 Å². The Bertz CT molecular complexity index is 502. The molecule has 2 aromatic carbocycles. The van der Waals surface area contributed by atoms with Crippen LogP contribution in [-0.4, -0.2) is 27.7 Å². The van der Waals surface area contributed by atoms with Crippen molar-refractivity contribution in [2.45, 2.75) is 0 Å². The van der Waals surface area contributed by atoms with Crippen LogP contribution in [0.25, 0.3) is 11.1 Å². The molecule has 0 aromatic heterocycles. The summed E-state index contributed by atoms with van der Waals surface area (Å²) in [6.45, 7) is 0. The lowest BCUT2D eigenvalue weighted by molar-refractivity contribution is 0.425. The first-order valence-corrected chi connectivity index (χ1v) is 6.13. The summed E-state index contributed by atoms with van der Waals surface area (Å²) in [5.74, 6) is 0.688. The molecular weight excluding hydrogens is 231 g/mol. The lowest BCUT2D eigenvalue weighted by atomic mass is 9.79. The average molecular weight is 244 g/mol. The second-order valence-electron chi connectivity index (χ2n) is 3.70. The second-order valence-corrected chi connectivity index (χ2v) is 4.11. The minimum atomic E-state index is -1.46.